The van der Waals surface area contributed by atoms with Crippen LogP contribution in [0, 0.1) is 5.92 Å². The fraction of sp³-hybridized carbons (Fsp3) is 0.429. The summed E-state index contributed by atoms with van der Waals surface area (Å²) in [4.78, 5) is 4.02. The van der Waals surface area contributed by atoms with Gasteiger partial charge in [-0.1, -0.05) is 44.2 Å². The maximum absolute atomic E-state index is 11.8. The molecule has 4 rings (SSSR count). The van der Waals surface area contributed by atoms with Crippen LogP contribution in [0.3, 0.4) is 0 Å². The average Bonchev–Trinajstić information content (AvgIpc) is 3.23. The van der Waals surface area contributed by atoms with Crippen LogP contribution in [0.15, 0.2) is 48.8 Å². The minimum Gasteiger partial charge on any atom is -0.382 e. The van der Waals surface area contributed by atoms with E-state index in [1.165, 1.54) is 6.33 Å². The fourth-order valence-electron chi connectivity index (χ4n) is 4.10. The summed E-state index contributed by atoms with van der Waals surface area (Å²) in [7, 11) is 0. The first-order valence-corrected chi connectivity index (χ1v) is 9.57. The summed E-state index contributed by atoms with van der Waals surface area (Å²) in [5.41, 5.74) is 7.11. The van der Waals surface area contributed by atoms with Crippen molar-refractivity contribution in [2.75, 3.05) is 5.73 Å². The summed E-state index contributed by atoms with van der Waals surface area (Å²) in [6, 6.07) is 13.5. The second-order valence-corrected chi connectivity index (χ2v) is 7.54. The zero-order valence-corrected chi connectivity index (χ0v) is 16.4. The predicted octanol–water partition coefficient (Wildman–Crippen LogP) is 2.88. The zero-order valence-electron chi connectivity index (χ0n) is 16.4. The smallest absolute Gasteiger partial charge is 0.240 e. The molecule has 0 radical (unpaired) electrons. The molecule has 1 aliphatic rings. The Kier molecular flexibility index (Phi) is 4.61. The van der Waals surface area contributed by atoms with E-state index >= 15 is 0 Å². The lowest BCUT2D eigenvalue weighted by atomic mass is 9.81. The number of hydrogen-bond acceptors (Lipinski definition) is 6. The first-order valence-electron chi connectivity index (χ1n) is 9.57. The summed E-state index contributed by atoms with van der Waals surface area (Å²) < 4.78 is 14.2. The number of rotatable bonds is 5. The number of fused-ring (bicyclic) bond motifs is 1. The quantitative estimate of drug-likeness (QED) is 0.705. The van der Waals surface area contributed by atoms with Crippen molar-refractivity contribution in [3.8, 4) is 0 Å². The Balaban J connectivity index is 1.78. The molecule has 0 saturated carbocycles. The number of nitrogens with two attached hydrogens (primary N) is 1. The number of ether oxygens (including phenoxy) is 2. The van der Waals surface area contributed by atoms with Gasteiger partial charge >= 0.3 is 0 Å². The largest absolute Gasteiger partial charge is 0.382 e. The molecule has 0 aliphatic carbocycles. The topological polar surface area (TPSA) is 94.9 Å². The van der Waals surface area contributed by atoms with Gasteiger partial charge in [0.1, 0.15) is 23.1 Å². The van der Waals surface area contributed by atoms with Crippen molar-refractivity contribution in [2.24, 2.45) is 5.92 Å². The van der Waals surface area contributed by atoms with Crippen molar-refractivity contribution in [1.82, 2.24) is 14.6 Å². The van der Waals surface area contributed by atoms with Crippen molar-refractivity contribution in [1.29, 1.82) is 0 Å². The summed E-state index contributed by atoms with van der Waals surface area (Å²) in [5.74, 6) is -1.39. The Bertz CT molecular complexity index is 976. The van der Waals surface area contributed by atoms with Crippen molar-refractivity contribution in [2.45, 2.75) is 51.3 Å². The van der Waals surface area contributed by atoms with Crippen LogP contribution in [-0.4, -0.2) is 31.4 Å². The molecule has 0 spiro atoms. The van der Waals surface area contributed by atoms with Crippen LogP contribution in [0.4, 0.5) is 5.82 Å². The summed E-state index contributed by atoms with van der Waals surface area (Å²) in [6.07, 6.45) is 1.97. The fourth-order valence-corrected chi connectivity index (χ4v) is 4.10. The van der Waals surface area contributed by atoms with Gasteiger partial charge in [-0.25, -0.2) is 9.50 Å². The molecule has 148 valence electrons. The maximum Gasteiger partial charge on any atom is 0.240 e. The molecule has 1 aromatic carbocycles. The molecule has 3 heterocycles. The van der Waals surface area contributed by atoms with Gasteiger partial charge in [-0.3, -0.25) is 0 Å². The van der Waals surface area contributed by atoms with Crippen LogP contribution in [0.5, 0.6) is 0 Å². The van der Waals surface area contributed by atoms with E-state index in [1.807, 2.05) is 44.2 Å². The van der Waals surface area contributed by atoms with Crippen molar-refractivity contribution in [3.63, 3.8) is 0 Å². The van der Waals surface area contributed by atoms with E-state index < -0.39 is 11.4 Å². The van der Waals surface area contributed by atoms with Crippen LogP contribution in [0.25, 0.3) is 5.52 Å². The van der Waals surface area contributed by atoms with Crippen molar-refractivity contribution < 1.29 is 14.6 Å². The number of benzene rings is 1. The summed E-state index contributed by atoms with van der Waals surface area (Å²) in [6.45, 7) is 6.36. The number of aliphatic hydroxyl groups is 1. The van der Waals surface area contributed by atoms with E-state index in [0.717, 1.165) is 12.0 Å². The van der Waals surface area contributed by atoms with Gasteiger partial charge in [0.25, 0.3) is 0 Å². The number of nitrogens with zero attached hydrogens (tertiary/aromatic N) is 3. The molecular formula is C21H26N4O3. The highest BCUT2D eigenvalue weighted by Crippen LogP contribution is 2.52. The molecule has 0 bridgehead atoms. The standard InChI is InChI=1S/C21H26N4O3/c1-4-17-14(2)20(3,27-12-15-8-6-5-7-9-15)21(26,28-17)18-11-10-16-19(22)23-13-24-25(16)18/h5-11,13-14,17,26H,4,12H2,1-3H3,(H2,22,23,24)/t14-,17-,20-,21+/m1/s1. The van der Waals surface area contributed by atoms with E-state index in [9.17, 15) is 5.11 Å². The molecule has 7 nitrogen and oxygen atoms in total. The molecule has 3 N–H and O–H groups in total. The molecular weight excluding hydrogens is 356 g/mol. The third kappa shape index (κ3) is 2.70. The van der Waals surface area contributed by atoms with Crippen LogP contribution in [0.2, 0.25) is 0 Å². The minimum absolute atomic E-state index is 0.0454. The number of aromatic nitrogens is 3. The lowest BCUT2D eigenvalue weighted by Crippen LogP contribution is -2.52. The van der Waals surface area contributed by atoms with Gasteiger partial charge in [0.05, 0.1) is 12.7 Å². The normalized spacial score (nSPS) is 30.1. The van der Waals surface area contributed by atoms with Gasteiger partial charge in [-0.2, -0.15) is 5.10 Å². The first-order chi connectivity index (χ1) is 13.4. The van der Waals surface area contributed by atoms with E-state index in [2.05, 4.69) is 17.0 Å². The number of nitrogen functional groups attached to an aromatic ring is 1. The Morgan fingerprint density at radius 1 is 1.25 bits per heavy atom. The van der Waals surface area contributed by atoms with E-state index in [0.29, 0.717) is 23.6 Å². The highest BCUT2D eigenvalue weighted by molar-refractivity contribution is 5.65. The Hall–Kier alpha value is -2.48. The van der Waals surface area contributed by atoms with Gasteiger partial charge in [0, 0.05) is 5.92 Å². The van der Waals surface area contributed by atoms with Crippen LogP contribution in [0.1, 0.15) is 38.4 Å². The molecule has 1 fully saturated rings. The number of anilines is 1. The highest BCUT2D eigenvalue weighted by atomic mass is 16.7. The van der Waals surface area contributed by atoms with Crippen LogP contribution in [-0.2, 0) is 21.9 Å². The molecule has 7 heteroatoms. The van der Waals surface area contributed by atoms with Gasteiger partial charge in [-0.05, 0) is 31.0 Å². The molecule has 3 aromatic rings. The SMILES string of the molecule is CC[C@H]1O[C@@](O)(c2ccc3c(N)ncnn23)[C@](C)(OCc2ccccc2)[C@@H]1C. The first kappa shape index (κ1) is 18.9. The monoisotopic (exact) mass is 382 g/mol. The Morgan fingerprint density at radius 3 is 2.71 bits per heavy atom. The van der Waals surface area contributed by atoms with E-state index in [-0.39, 0.29) is 12.0 Å². The van der Waals surface area contributed by atoms with E-state index in [1.54, 1.807) is 16.6 Å². The average molecular weight is 382 g/mol. The van der Waals surface area contributed by atoms with Gasteiger partial charge in [-0.15, -0.1) is 0 Å². The minimum atomic E-state index is -1.69. The molecule has 1 saturated heterocycles. The summed E-state index contributed by atoms with van der Waals surface area (Å²) in [5, 5.41) is 16.1. The van der Waals surface area contributed by atoms with Crippen molar-refractivity contribution >= 4 is 11.3 Å². The summed E-state index contributed by atoms with van der Waals surface area (Å²) >= 11 is 0. The lowest BCUT2D eigenvalue weighted by Gasteiger charge is -2.39. The van der Waals surface area contributed by atoms with Crippen LogP contribution < -0.4 is 5.73 Å². The van der Waals surface area contributed by atoms with Gasteiger partial charge in [0.15, 0.2) is 5.82 Å². The highest BCUT2D eigenvalue weighted by Gasteiger charge is 2.63. The van der Waals surface area contributed by atoms with E-state index in [4.69, 9.17) is 15.2 Å². The Labute approximate surface area is 164 Å². The lowest BCUT2D eigenvalue weighted by molar-refractivity contribution is -0.288. The van der Waals surface area contributed by atoms with Gasteiger partial charge < -0.3 is 20.3 Å². The van der Waals surface area contributed by atoms with Gasteiger partial charge in [0.2, 0.25) is 5.79 Å². The third-order valence-corrected chi connectivity index (χ3v) is 6.03. The maximum atomic E-state index is 11.8. The molecule has 28 heavy (non-hydrogen) atoms. The zero-order chi connectivity index (χ0) is 19.9. The predicted molar refractivity (Wildman–Crippen MR) is 105 cm³/mol. The molecule has 0 unspecified atom stereocenters. The Morgan fingerprint density at radius 2 is 2.00 bits per heavy atom. The third-order valence-electron chi connectivity index (χ3n) is 6.03. The van der Waals surface area contributed by atoms with Crippen molar-refractivity contribution in [3.05, 3.63) is 60.0 Å². The molecule has 1 aliphatic heterocycles. The second-order valence-electron chi connectivity index (χ2n) is 7.54. The molecule has 4 atom stereocenters. The number of hydrogen-bond donors (Lipinski definition) is 2. The second kappa shape index (κ2) is 6.84. The van der Waals surface area contributed by atoms with Crippen LogP contribution >= 0.6 is 0 Å². The molecule has 0 amide bonds. The molecule has 2 aromatic heterocycles.